The molecule has 8 heteroatoms. The lowest BCUT2D eigenvalue weighted by Gasteiger charge is -2.12. The molecule has 0 aliphatic rings. The highest BCUT2D eigenvalue weighted by atomic mass is 35.5. The van der Waals surface area contributed by atoms with E-state index in [4.69, 9.17) is 11.6 Å². The summed E-state index contributed by atoms with van der Waals surface area (Å²) in [5.41, 5.74) is 2.57. The van der Waals surface area contributed by atoms with Crippen molar-refractivity contribution in [2.75, 3.05) is 0 Å². The van der Waals surface area contributed by atoms with Crippen molar-refractivity contribution in [3.05, 3.63) is 88.3 Å². The van der Waals surface area contributed by atoms with Crippen molar-refractivity contribution < 1.29 is 0 Å². The first-order valence-electron chi connectivity index (χ1n) is 8.59. The minimum atomic E-state index is -0.179. The molecule has 0 unspecified atom stereocenters. The van der Waals surface area contributed by atoms with Crippen LogP contribution < -0.4 is 5.56 Å². The summed E-state index contributed by atoms with van der Waals surface area (Å²) in [4.78, 5) is 26.2. The van der Waals surface area contributed by atoms with Crippen LogP contribution in [0.1, 0.15) is 5.56 Å². The van der Waals surface area contributed by atoms with Gasteiger partial charge in [-0.05, 0) is 23.8 Å². The molecule has 0 fully saturated rings. The van der Waals surface area contributed by atoms with Crippen molar-refractivity contribution in [2.24, 2.45) is 0 Å². The molecule has 0 amide bonds. The van der Waals surface area contributed by atoms with Gasteiger partial charge in [0.2, 0.25) is 0 Å². The Morgan fingerprint density at radius 2 is 1.96 bits per heavy atom. The molecule has 136 valence electrons. The Kier molecular flexibility index (Phi) is 3.87. The molecular formula is C20H13ClN6O. The van der Waals surface area contributed by atoms with E-state index >= 15 is 0 Å². The van der Waals surface area contributed by atoms with Crippen molar-refractivity contribution >= 4 is 28.3 Å². The van der Waals surface area contributed by atoms with Gasteiger partial charge in [-0.1, -0.05) is 35.9 Å². The first-order valence-corrected chi connectivity index (χ1v) is 8.97. The molecule has 0 saturated heterocycles. The van der Waals surface area contributed by atoms with Gasteiger partial charge < -0.3 is 4.57 Å². The second-order valence-corrected chi connectivity index (χ2v) is 6.69. The molecule has 0 aliphatic carbocycles. The lowest BCUT2D eigenvalue weighted by Crippen LogP contribution is -2.22. The molecule has 0 atom stereocenters. The standard InChI is InChI=1S/C20H13ClN6O/c21-15-6-2-1-5-14(15)18-17-16(25-20-23-12-24-27(18)20)7-9-26(19(17)28)11-13-4-3-8-22-10-13/h1-10,12H,11H2. The quantitative estimate of drug-likeness (QED) is 0.474. The van der Waals surface area contributed by atoms with Crippen LogP contribution in [0.3, 0.4) is 0 Å². The maximum Gasteiger partial charge on any atom is 0.262 e. The number of hydrogen-bond donors (Lipinski definition) is 0. The van der Waals surface area contributed by atoms with Gasteiger partial charge in [0.05, 0.1) is 23.1 Å². The number of aromatic nitrogens is 6. The van der Waals surface area contributed by atoms with Crippen LogP contribution in [0.15, 0.2) is 72.2 Å². The third kappa shape index (κ3) is 2.64. The van der Waals surface area contributed by atoms with Crippen molar-refractivity contribution in [1.82, 2.24) is 29.1 Å². The molecule has 5 aromatic rings. The minimum Gasteiger partial charge on any atom is -0.310 e. The van der Waals surface area contributed by atoms with E-state index in [9.17, 15) is 4.79 Å². The molecule has 5 rings (SSSR count). The van der Waals surface area contributed by atoms with Crippen LogP contribution in [0, 0.1) is 0 Å². The number of rotatable bonds is 3. The van der Waals surface area contributed by atoms with E-state index in [2.05, 4.69) is 20.1 Å². The van der Waals surface area contributed by atoms with Crippen molar-refractivity contribution in [1.29, 1.82) is 0 Å². The van der Waals surface area contributed by atoms with E-state index in [1.165, 1.54) is 6.33 Å². The fraction of sp³-hybridized carbons (Fsp3) is 0.0500. The zero-order valence-electron chi connectivity index (χ0n) is 14.5. The average Bonchev–Trinajstić information content (AvgIpc) is 3.18. The summed E-state index contributed by atoms with van der Waals surface area (Å²) in [5.74, 6) is 0.409. The number of hydrogen-bond acceptors (Lipinski definition) is 5. The number of nitrogens with zero attached hydrogens (tertiary/aromatic N) is 6. The van der Waals surface area contributed by atoms with Gasteiger partial charge >= 0.3 is 0 Å². The van der Waals surface area contributed by atoms with Crippen LogP contribution >= 0.6 is 11.6 Å². The van der Waals surface area contributed by atoms with Gasteiger partial charge in [0.1, 0.15) is 6.33 Å². The van der Waals surface area contributed by atoms with E-state index in [-0.39, 0.29) is 5.56 Å². The molecule has 4 aromatic heterocycles. The highest BCUT2D eigenvalue weighted by Gasteiger charge is 2.18. The minimum absolute atomic E-state index is 0.179. The Morgan fingerprint density at radius 1 is 1.07 bits per heavy atom. The second-order valence-electron chi connectivity index (χ2n) is 6.28. The summed E-state index contributed by atoms with van der Waals surface area (Å²) < 4.78 is 3.18. The van der Waals surface area contributed by atoms with Crippen LogP contribution in [0.5, 0.6) is 0 Å². The molecule has 0 N–H and O–H groups in total. The summed E-state index contributed by atoms with van der Waals surface area (Å²) in [6, 6.07) is 12.9. The highest BCUT2D eigenvalue weighted by molar-refractivity contribution is 6.33. The lowest BCUT2D eigenvalue weighted by molar-refractivity contribution is 0.763. The molecule has 1 aromatic carbocycles. The first-order chi connectivity index (χ1) is 13.7. The molecule has 0 radical (unpaired) electrons. The lowest BCUT2D eigenvalue weighted by atomic mass is 10.1. The Bertz CT molecular complexity index is 1380. The Balaban J connectivity index is 1.84. The Labute approximate surface area is 163 Å². The Morgan fingerprint density at radius 3 is 2.79 bits per heavy atom. The van der Waals surface area contributed by atoms with E-state index in [0.29, 0.717) is 39.5 Å². The zero-order valence-corrected chi connectivity index (χ0v) is 15.3. The molecule has 0 saturated carbocycles. The number of pyridine rings is 2. The normalized spacial score (nSPS) is 11.3. The van der Waals surface area contributed by atoms with Gasteiger partial charge in [-0.25, -0.2) is 4.98 Å². The van der Waals surface area contributed by atoms with E-state index in [0.717, 1.165) is 5.56 Å². The fourth-order valence-electron chi connectivity index (χ4n) is 3.28. The highest BCUT2D eigenvalue weighted by Crippen LogP contribution is 2.31. The molecule has 28 heavy (non-hydrogen) atoms. The summed E-state index contributed by atoms with van der Waals surface area (Å²) in [6.07, 6.45) is 6.58. The predicted octanol–water partition coefficient (Wildman–Crippen LogP) is 3.20. The number of benzene rings is 1. The zero-order chi connectivity index (χ0) is 19.1. The molecule has 4 heterocycles. The first kappa shape index (κ1) is 16.6. The van der Waals surface area contributed by atoms with Crippen LogP contribution in [0.2, 0.25) is 5.02 Å². The van der Waals surface area contributed by atoms with Crippen LogP contribution in [0.4, 0.5) is 0 Å². The van der Waals surface area contributed by atoms with Crippen LogP contribution in [0.25, 0.3) is 27.9 Å². The third-order valence-electron chi connectivity index (χ3n) is 4.55. The summed E-state index contributed by atoms with van der Waals surface area (Å²) in [5, 5.41) is 5.23. The molecule has 0 aliphatic heterocycles. The van der Waals surface area contributed by atoms with E-state index < -0.39 is 0 Å². The topological polar surface area (TPSA) is 78.0 Å². The largest absolute Gasteiger partial charge is 0.310 e. The second kappa shape index (κ2) is 6.54. The predicted molar refractivity (Wildman–Crippen MR) is 106 cm³/mol. The average molecular weight is 389 g/mol. The van der Waals surface area contributed by atoms with E-state index in [1.807, 2.05) is 36.4 Å². The molecule has 7 nitrogen and oxygen atoms in total. The SMILES string of the molecule is O=c1c2c(-c3ccccc3Cl)n3ncnc3nc2ccn1Cc1cccnc1. The molecule has 0 bridgehead atoms. The Hall–Kier alpha value is -3.58. The van der Waals surface area contributed by atoms with Gasteiger partial charge in [0.25, 0.3) is 11.3 Å². The number of fused-ring (bicyclic) bond motifs is 2. The van der Waals surface area contributed by atoms with Crippen molar-refractivity contribution in [2.45, 2.75) is 6.54 Å². The summed E-state index contributed by atoms with van der Waals surface area (Å²) >= 11 is 6.45. The maximum atomic E-state index is 13.4. The van der Waals surface area contributed by atoms with E-state index in [1.54, 1.807) is 33.7 Å². The van der Waals surface area contributed by atoms with Crippen molar-refractivity contribution in [3.63, 3.8) is 0 Å². The summed E-state index contributed by atoms with van der Waals surface area (Å²) in [7, 11) is 0. The summed E-state index contributed by atoms with van der Waals surface area (Å²) in [6.45, 7) is 0.403. The van der Waals surface area contributed by atoms with Gasteiger partial charge in [-0.3, -0.25) is 9.78 Å². The van der Waals surface area contributed by atoms with Crippen LogP contribution in [-0.4, -0.2) is 29.1 Å². The molecular weight excluding hydrogens is 376 g/mol. The fourth-order valence-corrected chi connectivity index (χ4v) is 3.50. The third-order valence-corrected chi connectivity index (χ3v) is 4.88. The monoisotopic (exact) mass is 388 g/mol. The van der Waals surface area contributed by atoms with Gasteiger partial charge in [-0.15, -0.1) is 0 Å². The van der Waals surface area contributed by atoms with Gasteiger partial charge in [0, 0.05) is 29.2 Å². The smallest absolute Gasteiger partial charge is 0.262 e. The van der Waals surface area contributed by atoms with Gasteiger partial charge in [-0.2, -0.15) is 14.6 Å². The van der Waals surface area contributed by atoms with Crippen LogP contribution in [-0.2, 0) is 6.54 Å². The van der Waals surface area contributed by atoms with Gasteiger partial charge in [0.15, 0.2) is 0 Å². The van der Waals surface area contributed by atoms with Crippen molar-refractivity contribution in [3.8, 4) is 11.3 Å². The maximum absolute atomic E-state index is 13.4. The number of halogens is 1. The molecule has 0 spiro atoms.